The summed E-state index contributed by atoms with van der Waals surface area (Å²) in [6.07, 6.45) is 5.97. The summed E-state index contributed by atoms with van der Waals surface area (Å²) in [5, 5.41) is 3.62. The second-order valence-corrected chi connectivity index (χ2v) is 4.94. The van der Waals surface area contributed by atoms with Crippen molar-refractivity contribution in [3.8, 4) is 5.69 Å². The molecule has 1 amide bonds. The third-order valence-corrected chi connectivity index (χ3v) is 3.23. The van der Waals surface area contributed by atoms with Crippen molar-refractivity contribution in [2.24, 2.45) is 0 Å². The topological polar surface area (TPSA) is 34.0 Å². The Labute approximate surface area is 110 Å². The third kappa shape index (κ3) is 2.27. The lowest BCUT2D eigenvalue weighted by molar-refractivity contribution is 0.0951. The lowest BCUT2D eigenvalue weighted by atomic mass is 10.1. The summed E-state index contributed by atoms with van der Waals surface area (Å²) in [6, 6.07) is 9.52. The molecule has 2 aromatic rings. The molecule has 1 fully saturated rings. The van der Waals surface area contributed by atoms with Crippen LogP contribution in [0.1, 0.15) is 23.2 Å². The van der Waals surface area contributed by atoms with Crippen molar-refractivity contribution in [1.82, 2.24) is 9.88 Å². The van der Waals surface area contributed by atoms with Crippen LogP contribution in [-0.2, 0) is 0 Å². The highest BCUT2D eigenvalue weighted by atomic mass is 35.5. The van der Waals surface area contributed by atoms with E-state index in [0.29, 0.717) is 16.6 Å². The summed E-state index contributed by atoms with van der Waals surface area (Å²) in [5.41, 5.74) is 1.47. The molecule has 0 unspecified atom stereocenters. The van der Waals surface area contributed by atoms with Gasteiger partial charge in [-0.1, -0.05) is 11.6 Å². The zero-order chi connectivity index (χ0) is 12.5. The SMILES string of the molecule is O=C(NC1CC1)c1ccc(Cl)cc1-n1cccc1. The summed E-state index contributed by atoms with van der Waals surface area (Å²) in [7, 11) is 0. The number of amides is 1. The average Bonchev–Trinajstić information content (AvgIpc) is 3.00. The summed E-state index contributed by atoms with van der Waals surface area (Å²) < 4.78 is 1.90. The highest BCUT2D eigenvalue weighted by Crippen LogP contribution is 2.23. The zero-order valence-corrected chi connectivity index (χ0v) is 10.5. The molecule has 0 radical (unpaired) electrons. The largest absolute Gasteiger partial charge is 0.349 e. The number of aromatic nitrogens is 1. The number of nitrogens with zero attached hydrogens (tertiary/aromatic N) is 1. The van der Waals surface area contributed by atoms with Gasteiger partial charge in [0, 0.05) is 23.5 Å². The fourth-order valence-corrected chi connectivity index (χ4v) is 2.06. The Morgan fingerprint density at radius 2 is 2.00 bits per heavy atom. The van der Waals surface area contributed by atoms with Gasteiger partial charge in [-0.15, -0.1) is 0 Å². The van der Waals surface area contributed by atoms with Crippen LogP contribution in [0, 0.1) is 0 Å². The Balaban J connectivity index is 1.99. The van der Waals surface area contributed by atoms with Crippen LogP contribution in [0.4, 0.5) is 0 Å². The van der Waals surface area contributed by atoms with Gasteiger partial charge in [0.2, 0.25) is 0 Å². The van der Waals surface area contributed by atoms with Crippen molar-refractivity contribution in [3.63, 3.8) is 0 Å². The molecule has 1 heterocycles. The van der Waals surface area contributed by atoms with E-state index in [1.807, 2.05) is 35.2 Å². The fraction of sp³-hybridized carbons (Fsp3) is 0.214. The van der Waals surface area contributed by atoms with Crippen molar-refractivity contribution in [2.75, 3.05) is 0 Å². The molecule has 0 atom stereocenters. The standard InChI is InChI=1S/C14H13ClN2O/c15-10-3-6-12(14(18)16-11-4-5-11)13(9-10)17-7-1-2-8-17/h1-3,6-9,11H,4-5H2,(H,16,18). The van der Waals surface area contributed by atoms with Crippen LogP contribution in [-0.4, -0.2) is 16.5 Å². The predicted molar refractivity (Wildman–Crippen MR) is 71.3 cm³/mol. The first-order valence-electron chi connectivity index (χ1n) is 5.98. The molecule has 0 saturated heterocycles. The Kier molecular flexibility index (Phi) is 2.84. The number of rotatable bonds is 3. The molecule has 18 heavy (non-hydrogen) atoms. The summed E-state index contributed by atoms with van der Waals surface area (Å²) in [6.45, 7) is 0. The molecular formula is C14H13ClN2O. The smallest absolute Gasteiger partial charge is 0.253 e. The quantitative estimate of drug-likeness (QED) is 0.904. The van der Waals surface area contributed by atoms with E-state index < -0.39 is 0 Å². The first-order valence-corrected chi connectivity index (χ1v) is 6.35. The van der Waals surface area contributed by atoms with E-state index >= 15 is 0 Å². The molecule has 1 aromatic carbocycles. The van der Waals surface area contributed by atoms with Crippen LogP contribution < -0.4 is 5.32 Å². The lowest BCUT2D eigenvalue weighted by Gasteiger charge is -2.11. The number of nitrogens with one attached hydrogen (secondary N) is 1. The Morgan fingerprint density at radius 1 is 1.28 bits per heavy atom. The Hall–Kier alpha value is -1.74. The Bertz CT molecular complexity index is 573. The molecule has 1 aliphatic carbocycles. The van der Waals surface area contributed by atoms with Crippen LogP contribution in [0.5, 0.6) is 0 Å². The van der Waals surface area contributed by atoms with Gasteiger partial charge in [0.05, 0.1) is 11.3 Å². The number of carbonyl (C=O) groups is 1. The van der Waals surface area contributed by atoms with Gasteiger partial charge in [0.25, 0.3) is 5.91 Å². The minimum Gasteiger partial charge on any atom is -0.349 e. The van der Waals surface area contributed by atoms with E-state index in [4.69, 9.17) is 11.6 Å². The van der Waals surface area contributed by atoms with E-state index in [-0.39, 0.29) is 5.91 Å². The maximum Gasteiger partial charge on any atom is 0.253 e. The molecule has 1 aliphatic rings. The molecule has 92 valence electrons. The lowest BCUT2D eigenvalue weighted by Crippen LogP contribution is -2.26. The highest BCUT2D eigenvalue weighted by molar-refractivity contribution is 6.31. The molecule has 0 aliphatic heterocycles. The van der Waals surface area contributed by atoms with Gasteiger partial charge in [-0.25, -0.2) is 0 Å². The number of halogens is 1. The molecule has 1 aromatic heterocycles. The van der Waals surface area contributed by atoms with Gasteiger partial charge in [0.1, 0.15) is 0 Å². The number of hydrogen-bond acceptors (Lipinski definition) is 1. The maximum atomic E-state index is 12.2. The number of benzene rings is 1. The predicted octanol–water partition coefficient (Wildman–Crippen LogP) is 3.02. The molecule has 0 spiro atoms. The average molecular weight is 261 g/mol. The second-order valence-electron chi connectivity index (χ2n) is 4.50. The van der Waals surface area contributed by atoms with Gasteiger partial charge in [-0.2, -0.15) is 0 Å². The van der Waals surface area contributed by atoms with Crippen LogP contribution in [0.3, 0.4) is 0 Å². The minimum atomic E-state index is -0.0298. The van der Waals surface area contributed by atoms with E-state index in [0.717, 1.165) is 18.5 Å². The van der Waals surface area contributed by atoms with Gasteiger partial charge in [-0.3, -0.25) is 4.79 Å². The van der Waals surface area contributed by atoms with Crippen molar-refractivity contribution in [1.29, 1.82) is 0 Å². The van der Waals surface area contributed by atoms with Gasteiger partial charge in [-0.05, 0) is 43.2 Å². The fourth-order valence-electron chi connectivity index (χ4n) is 1.90. The van der Waals surface area contributed by atoms with Crippen LogP contribution in [0.25, 0.3) is 5.69 Å². The normalized spacial score (nSPS) is 14.5. The van der Waals surface area contributed by atoms with Crippen LogP contribution in [0.15, 0.2) is 42.7 Å². The number of carbonyl (C=O) groups excluding carboxylic acids is 1. The van der Waals surface area contributed by atoms with Gasteiger partial charge in [0.15, 0.2) is 0 Å². The molecule has 0 bridgehead atoms. The van der Waals surface area contributed by atoms with E-state index in [2.05, 4.69) is 5.32 Å². The van der Waals surface area contributed by atoms with Crippen LogP contribution in [0.2, 0.25) is 5.02 Å². The first kappa shape index (κ1) is 11.4. The molecular weight excluding hydrogens is 248 g/mol. The highest BCUT2D eigenvalue weighted by Gasteiger charge is 2.25. The van der Waals surface area contributed by atoms with Gasteiger partial charge < -0.3 is 9.88 Å². The number of hydrogen-bond donors (Lipinski definition) is 1. The summed E-state index contributed by atoms with van der Waals surface area (Å²) in [5.74, 6) is -0.0298. The molecule has 4 heteroatoms. The van der Waals surface area contributed by atoms with Crippen molar-refractivity contribution in [2.45, 2.75) is 18.9 Å². The monoisotopic (exact) mass is 260 g/mol. The van der Waals surface area contributed by atoms with Crippen molar-refractivity contribution in [3.05, 3.63) is 53.3 Å². The maximum absolute atomic E-state index is 12.2. The Morgan fingerprint density at radius 3 is 2.67 bits per heavy atom. The van der Waals surface area contributed by atoms with E-state index in [1.165, 1.54) is 0 Å². The molecule has 3 rings (SSSR count). The van der Waals surface area contributed by atoms with Crippen LogP contribution >= 0.6 is 11.6 Å². The van der Waals surface area contributed by atoms with Crippen molar-refractivity contribution < 1.29 is 4.79 Å². The van der Waals surface area contributed by atoms with E-state index in [9.17, 15) is 4.79 Å². The minimum absolute atomic E-state index is 0.0298. The van der Waals surface area contributed by atoms with Crippen molar-refractivity contribution >= 4 is 17.5 Å². The first-order chi connectivity index (χ1) is 8.74. The summed E-state index contributed by atoms with van der Waals surface area (Å²) >= 11 is 6.01. The van der Waals surface area contributed by atoms with Gasteiger partial charge >= 0.3 is 0 Å². The van der Waals surface area contributed by atoms with E-state index in [1.54, 1.807) is 12.1 Å². The third-order valence-electron chi connectivity index (χ3n) is 3.00. The zero-order valence-electron chi connectivity index (χ0n) is 9.77. The second kappa shape index (κ2) is 4.50. The summed E-state index contributed by atoms with van der Waals surface area (Å²) in [4.78, 5) is 12.2. The molecule has 3 nitrogen and oxygen atoms in total. The molecule has 1 N–H and O–H groups in total. The molecule has 1 saturated carbocycles.